The summed E-state index contributed by atoms with van der Waals surface area (Å²) in [6, 6.07) is -1.28. The molecule has 0 saturated carbocycles. The molecule has 6 heteroatoms. The highest BCUT2D eigenvalue weighted by Crippen LogP contribution is 2.27. The normalized spacial score (nSPS) is 30.8. The van der Waals surface area contributed by atoms with Crippen molar-refractivity contribution in [1.29, 1.82) is 0 Å². The Kier molecular flexibility index (Phi) is 4.70. The monoisotopic (exact) mass is 258 g/mol. The summed E-state index contributed by atoms with van der Waals surface area (Å²) < 4.78 is 5.19. The fraction of sp³-hybridized carbons (Fsp3) is 0.833. The van der Waals surface area contributed by atoms with E-state index in [1.807, 2.05) is 6.92 Å². The van der Waals surface area contributed by atoms with Crippen molar-refractivity contribution < 1.29 is 19.4 Å². The summed E-state index contributed by atoms with van der Waals surface area (Å²) in [6.07, 6.45) is 0.677. The lowest BCUT2D eigenvalue weighted by atomic mass is 9.84. The van der Waals surface area contributed by atoms with Gasteiger partial charge < -0.3 is 20.9 Å². The van der Waals surface area contributed by atoms with Crippen LogP contribution in [0.5, 0.6) is 0 Å². The zero-order valence-electron chi connectivity index (χ0n) is 11.1. The number of carbonyl (C=O) groups excluding carboxylic acids is 1. The maximum Gasteiger partial charge on any atom is 0.326 e. The Morgan fingerprint density at radius 3 is 2.61 bits per heavy atom. The van der Waals surface area contributed by atoms with E-state index in [2.05, 4.69) is 5.32 Å². The van der Waals surface area contributed by atoms with Crippen LogP contribution in [0, 0.1) is 11.3 Å². The topological polar surface area (TPSA) is 102 Å². The van der Waals surface area contributed by atoms with Crippen LogP contribution in [0.25, 0.3) is 0 Å². The number of carbonyl (C=O) groups is 2. The molecular weight excluding hydrogens is 236 g/mol. The molecule has 4 N–H and O–H groups in total. The van der Waals surface area contributed by atoms with Crippen LogP contribution in [0.15, 0.2) is 0 Å². The summed E-state index contributed by atoms with van der Waals surface area (Å²) in [5.74, 6) is -1.50. The van der Waals surface area contributed by atoms with E-state index in [-0.39, 0.29) is 18.4 Å². The average Bonchev–Trinajstić information content (AvgIpc) is 2.66. The van der Waals surface area contributed by atoms with E-state index in [4.69, 9.17) is 15.6 Å². The lowest BCUT2D eigenvalue weighted by Crippen LogP contribution is -2.55. The summed E-state index contributed by atoms with van der Waals surface area (Å²) >= 11 is 0. The highest BCUT2D eigenvalue weighted by Gasteiger charge is 2.45. The average molecular weight is 258 g/mol. The van der Waals surface area contributed by atoms with Crippen LogP contribution in [0.3, 0.4) is 0 Å². The number of hydrogen-bond acceptors (Lipinski definition) is 4. The molecule has 2 unspecified atom stereocenters. The van der Waals surface area contributed by atoms with Crippen molar-refractivity contribution in [3.63, 3.8) is 0 Å². The van der Waals surface area contributed by atoms with Crippen molar-refractivity contribution in [2.45, 2.75) is 39.3 Å². The molecular formula is C12H22N2O4. The molecule has 18 heavy (non-hydrogen) atoms. The first kappa shape index (κ1) is 14.9. The summed E-state index contributed by atoms with van der Waals surface area (Å²) in [6.45, 7) is 5.94. The first-order valence-electron chi connectivity index (χ1n) is 6.20. The Hall–Kier alpha value is -1.14. The molecule has 4 atom stereocenters. The fourth-order valence-corrected chi connectivity index (χ4v) is 1.91. The predicted octanol–water partition coefficient (Wildman–Crippen LogP) is -0.0343. The Bertz CT molecular complexity index is 334. The number of nitrogens with one attached hydrogen (secondary N) is 1. The van der Waals surface area contributed by atoms with Gasteiger partial charge in [0.25, 0.3) is 0 Å². The van der Waals surface area contributed by atoms with Gasteiger partial charge in [0.1, 0.15) is 6.04 Å². The van der Waals surface area contributed by atoms with Crippen LogP contribution in [0.2, 0.25) is 0 Å². The molecule has 1 aliphatic heterocycles. The van der Waals surface area contributed by atoms with Crippen LogP contribution < -0.4 is 11.1 Å². The van der Waals surface area contributed by atoms with Crippen molar-refractivity contribution >= 4 is 11.9 Å². The molecule has 1 aliphatic rings. The molecule has 0 spiro atoms. The Balaban J connectivity index is 2.75. The van der Waals surface area contributed by atoms with Crippen LogP contribution >= 0.6 is 0 Å². The number of ether oxygens (including phenoxy) is 1. The van der Waals surface area contributed by atoms with Gasteiger partial charge in [-0.3, -0.25) is 4.79 Å². The van der Waals surface area contributed by atoms with E-state index in [1.54, 1.807) is 13.8 Å². The van der Waals surface area contributed by atoms with Crippen molar-refractivity contribution in [1.82, 2.24) is 5.32 Å². The van der Waals surface area contributed by atoms with Gasteiger partial charge in [0, 0.05) is 6.04 Å². The van der Waals surface area contributed by atoms with Gasteiger partial charge in [0.15, 0.2) is 0 Å². The van der Waals surface area contributed by atoms with Gasteiger partial charge in [0.05, 0.1) is 18.6 Å². The number of nitrogens with two attached hydrogens (primary N) is 1. The van der Waals surface area contributed by atoms with E-state index < -0.39 is 23.5 Å². The SMILES string of the molecule is CC[C@H](C)[C@H](NC(=O)C1(C)COCC1N)C(=O)O. The Morgan fingerprint density at radius 1 is 1.61 bits per heavy atom. The molecule has 0 radical (unpaired) electrons. The van der Waals surface area contributed by atoms with Crippen molar-refractivity contribution in [3.05, 3.63) is 0 Å². The summed E-state index contributed by atoms with van der Waals surface area (Å²) in [5, 5.41) is 11.7. The van der Waals surface area contributed by atoms with E-state index in [9.17, 15) is 9.59 Å². The molecule has 1 amide bonds. The van der Waals surface area contributed by atoms with Crippen molar-refractivity contribution in [3.8, 4) is 0 Å². The molecule has 104 valence electrons. The molecule has 1 heterocycles. The molecule has 1 saturated heterocycles. The second-order valence-corrected chi connectivity index (χ2v) is 5.21. The lowest BCUT2D eigenvalue weighted by molar-refractivity contribution is -0.145. The van der Waals surface area contributed by atoms with Crippen LogP contribution in [-0.4, -0.2) is 42.3 Å². The van der Waals surface area contributed by atoms with Gasteiger partial charge in [-0.25, -0.2) is 4.79 Å². The van der Waals surface area contributed by atoms with E-state index in [1.165, 1.54) is 0 Å². The molecule has 0 aromatic carbocycles. The number of carboxylic acids is 1. The predicted molar refractivity (Wildman–Crippen MR) is 65.9 cm³/mol. The molecule has 1 rings (SSSR count). The zero-order valence-corrected chi connectivity index (χ0v) is 11.1. The zero-order chi connectivity index (χ0) is 13.9. The third-order valence-electron chi connectivity index (χ3n) is 3.80. The minimum Gasteiger partial charge on any atom is -0.480 e. The fourth-order valence-electron chi connectivity index (χ4n) is 1.91. The molecule has 0 bridgehead atoms. The molecule has 6 nitrogen and oxygen atoms in total. The quantitative estimate of drug-likeness (QED) is 0.642. The highest BCUT2D eigenvalue weighted by atomic mass is 16.5. The van der Waals surface area contributed by atoms with Gasteiger partial charge in [0.2, 0.25) is 5.91 Å². The summed E-state index contributed by atoms with van der Waals surface area (Å²) in [7, 11) is 0. The van der Waals surface area contributed by atoms with Gasteiger partial charge in [-0.15, -0.1) is 0 Å². The number of carboxylic acid groups (broad SMARTS) is 1. The molecule has 0 aliphatic carbocycles. The Labute approximate surface area is 107 Å². The minimum absolute atomic E-state index is 0.131. The van der Waals surface area contributed by atoms with E-state index in [0.29, 0.717) is 13.0 Å². The lowest BCUT2D eigenvalue weighted by Gasteiger charge is -2.29. The largest absolute Gasteiger partial charge is 0.480 e. The second kappa shape index (κ2) is 5.67. The molecule has 0 aromatic heterocycles. The first-order chi connectivity index (χ1) is 8.32. The first-order valence-corrected chi connectivity index (χ1v) is 6.20. The highest BCUT2D eigenvalue weighted by molar-refractivity contribution is 5.88. The van der Waals surface area contributed by atoms with E-state index >= 15 is 0 Å². The maximum atomic E-state index is 12.2. The Morgan fingerprint density at radius 2 is 2.22 bits per heavy atom. The van der Waals surface area contributed by atoms with Crippen molar-refractivity contribution in [2.24, 2.45) is 17.1 Å². The van der Waals surface area contributed by atoms with Gasteiger partial charge >= 0.3 is 5.97 Å². The number of rotatable bonds is 5. The third kappa shape index (κ3) is 2.81. The van der Waals surface area contributed by atoms with Crippen LogP contribution in [0.1, 0.15) is 27.2 Å². The number of hydrogen-bond donors (Lipinski definition) is 3. The van der Waals surface area contributed by atoms with Crippen molar-refractivity contribution in [2.75, 3.05) is 13.2 Å². The third-order valence-corrected chi connectivity index (χ3v) is 3.80. The van der Waals surface area contributed by atoms with Gasteiger partial charge in [-0.1, -0.05) is 20.3 Å². The minimum atomic E-state index is -1.02. The second-order valence-electron chi connectivity index (χ2n) is 5.21. The van der Waals surface area contributed by atoms with Gasteiger partial charge in [-0.2, -0.15) is 0 Å². The van der Waals surface area contributed by atoms with E-state index in [0.717, 1.165) is 0 Å². The maximum absolute atomic E-state index is 12.2. The molecule has 0 aromatic rings. The van der Waals surface area contributed by atoms with Crippen LogP contribution in [-0.2, 0) is 14.3 Å². The standard InChI is InChI=1S/C12H22N2O4/c1-4-7(2)9(10(15)16)14-11(17)12(3)6-18-5-8(12)13/h7-9H,4-6,13H2,1-3H3,(H,14,17)(H,15,16)/t7-,8?,9-,12?/m0/s1. The van der Waals surface area contributed by atoms with Crippen LogP contribution in [0.4, 0.5) is 0 Å². The molecule has 1 fully saturated rings. The smallest absolute Gasteiger partial charge is 0.326 e. The number of aliphatic carboxylic acids is 1. The number of amides is 1. The summed E-state index contributed by atoms with van der Waals surface area (Å²) in [4.78, 5) is 23.3. The van der Waals surface area contributed by atoms with Gasteiger partial charge in [-0.05, 0) is 12.8 Å². The summed E-state index contributed by atoms with van der Waals surface area (Å²) in [5.41, 5.74) is 5.00.